The van der Waals surface area contributed by atoms with Crippen molar-refractivity contribution in [2.45, 2.75) is 74.6 Å². The molecule has 0 N–H and O–H groups in total. The minimum Gasteiger partial charge on any atom is -0.465 e. The van der Waals surface area contributed by atoms with Gasteiger partial charge in [-0.15, -0.1) is 0 Å². The number of rotatable bonds is 7. The van der Waals surface area contributed by atoms with Crippen LogP contribution in [0.25, 0.3) is 11.0 Å². The van der Waals surface area contributed by atoms with Gasteiger partial charge in [0.1, 0.15) is 5.82 Å². The molecule has 3 saturated carbocycles. The second-order valence-electron chi connectivity index (χ2n) is 11.1. The number of nitrogens with zero attached hydrogens (tertiary/aromatic N) is 4. The van der Waals surface area contributed by atoms with E-state index in [1.54, 1.807) is 12.3 Å². The average Bonchev–Trinajstić information content (AvgIpc) is 3.21. The third kappa shape index (κ3) is 4.33. The Morgan fingerprint density at radius 1 is 1.14 bits per heavy atom. The molecule has 196 valence electrons. The molecule has 1 atom stereocenters. The number of benzene rings is 1. The van der Waals surface area contributed by atoms with Crippen LogP contribution in [0.4, 0.5) is 0 Å². The molecule has 4 fully saturated rings. The van der Waals surface area contributed by atoms with Gasteiger partial charge in [0, 0.05) is 30.9 Å². The summed E-state index contributed by atoms with van der Waals surface area (Å²) in [6, 6.07) is 7.46. The Bertz CT molecular complexity index is 1450. The lowest BCUT2D eigenvalue weighted by Gasteiger charge is -2.53. The lowest BCUT2D eigenvalue weighted by Crippen LogP contribution is -2.46. The van der Waals surface area contributed by atoms with Gasteiger partial charge in [-0.25, -0.2) is 28.2 Å². The van der Waals surface area contributed by atoms with Crippen LogP contribution in [0.2, 0.25) is 0 Å². The monoisotopic (exact) mass is 524 g/mol. The van der Waals surface area contributed by atoms with Crippen molar-refractivity contribution in [3.8, 4) is 0 Å². The number of fused-ring (bicyclic) bond motifs is 4. The molecule has 0 amide bonds. The SMILES string of the molecule is COC(=O)c1ccc2nc(CC34CCC(c5ccnc(S(C)(=O)=O)n5)(CC3)CC4)n(C[C@@H]3CCO3)c2c1. The molecule has 2 aromatic heterocycles. The zero-order chi connectivity index (χ0) is 25.8. The Kier molecular flexibility index (Phi) is 5.87. The van der Waals surface area contributed by atoms with E-state index < -0.39 is 9.84 Å². The van der Waals surface area contributed by atoms with Crippen LogP contribution in [0.3, 0.4) is 0 Å². The van der Waals surface area contributed by atoms with Crippen LogP contribution in [0.5, 0.6) is 0 Å². The van der Waals surface area contributed by atoms with Gasteiger partial charge < -0.3 is 14.0 Å². The molecule has 2 bridgehead atoms. The van der Waals surface area contributed by atoms with Crippen LogP contribution < -0.4 is 0 Å². The molecule has 1 aliphatic heterocycles. The quantitative estimate of drug-likeness (QED) is 0.340. The van der Waals surface area contributed by atoms with E-state index in [-0.39, 0.29) is 28.1 Å². The first kappa shape index (κ1) is 24.5. The first-order valence-electron chi connectivity index (χ1n) is 12.9. The van der Waals surface area contributed by atoms with E-state index in [4.69, 9.17) is 14.5 Å². The number of hydrogen-bond donors (Lipinski definition) is 0. The topological polar surface area (TPSA) is 113 Å². The molecule has 9 nitrogen and oxygen atoms in total. The zero-order valence-electron chi connectivity index (χ0n) is 21.3. The minimum atomic E-state index is -3.45. The van der Waals surface area contributed by atoms with Crippen molar-refractivity contribution in [3.63, 3.8) is 0 Å². The van der Waals surface area contributed by atoms with Gasteiger partial charge in [0.2, 0.25) is 15.0 Å². The Hall–Kier alpha value is -2.85. The number of sulfone groups is 1. The first-order chi connectivity index (χ1) is 17.7. The second kappa shape index (κ2) is 8.87. The van der Waals surface area contributed by atoms with Crippen LogP contribution in [0.15, 0.2) is 35.6 Å². The summed E-state index contributed by atoms with van der Waals surface area (Å²) in [5.41, 5.74) is 3.28. The largest absolute Gasteiger partial charge is 0.465 e. The van der Waals surface area contributed by atoms with Gasteiger partial charge in [0.25, 0.3) is 0 Å². The van der Waals surface area contributed by atoms with E-state index in [1.165, 1.54) is 7.11 Å². The molecule has 1 aromatic carbocycles. The highest BCUT2D eigenvalue weighted by atomic mass is 32.2. The maximum absolute atomic E-state index is 12.2. The first-order valence-corrected chi connectivity index (χ1v) is 14.8. The predicted octanol–water partition coefficient (Wildman–Crippen LogP) is 3.64. The smallest absolute Gasteiger partial charge is 0.337 e. The van der Waals surface area contributed by atoms with Crippen LogP contribution in [0.1, 0.15) is 66.8 Å². The van der Waals surface area contributed by atoms with E-state index in [9.17, 15) is 13.2 Å². The fourth-order valence-electron chi connectivity index (χ4n) is 6.45. The highest BCUT2D eigenvalue weighted by molar-refractivity contribution is 7.90. The summed E-state index contributed by atoms with van der Waals surface area (Å²) in [5.74, 6) is 0.692. The third-order valence-electron chi connectivity index (χ3n) is 8.87. The number of imidazole rings is 1. The van der Waals surface area contributed by atoms with Crippen molar-refractivity contribution in [2.24, 2.45) is 5.41 Å². The van der Waals surface area contributed by atoms with Gasteiger partial charge in [-0.05, 0) is 74.6 Å². The van der Waals surface area contributed by atoms with Gasteiger partial charge in [0.15, 0.2) is 0 Å². The van der Waals surface area contributed by atoms with Gasteiger partial charge in [-0.1, -0.05) is 0 Å². The summed E-state index contributed by atoms with van der Waals surface area (Å²) in [6.45, 7) is 1.52. The summed E-state index contributed by atoms with van der Waals surface area (Å²) < 4.78 is 37.0. The molecule has 4 aliphatic rings. The highest BCUT2D eigenvalue weighted by Gasteiger charge is 2.50. The Morgan fingerprint density at radius 3 is 2.49 bits per heavy atom. The molecule has 1 saturated heterocycles. The molecule has 37 heavy (non-hydrogen) atoms. The van der Waals surface area contributed by atoms with Crippen molar-refractivity contribution < 1.29 is 22.7 Å². The molecular formula is C27H32N4O5S. The normalized spacial score (nSPS) is 27.2. The fourth-order valence-corrected chi connectivity index (χ4v) is 6.97. The van der Waals surface area contributed by atoms with Crippen LogP contribution >= 0.6 is 0 Å². The number of methoxy groups -OCH3 is 1. The Labute approximate surface area is 216 Å². The van der Waals surface area contributed by atoms with E-state index >= 15 is 0 Å². The lowest BCUT2D eigenvalue weighted by atomic mass is 9.52. The van der Waals surface area contributed by atoms with Gasteiger partial charge in [-0.3, -0.25) is 0 Å². The molecule has 0 radical (unpaired) electrons. The van der Waals surface area contributed by atoms with Crippen molar-refractivity contribution in [1.29, 1.82) is 0 Å². The maximum atomic E-state index is 12.2. The van der Waals surface area contributed by atoms with Crippen molar-refractivity contribution in [2.75, 3.05) is 20.0 Å². The van der Waals surface area contributed by atoms with Crippen molar-refractivity contribution in [3.05, 3.63) is 47.5 Å². The standard InChI is InChI=1S/C27H32N4O5S/c1-35-24(32)18-3-4-20-21(15-18)31(17-19-6-14-36-19)23(29-20)16-26-7-10-27(11-8-26,12-9-26)22-5-13-28-25(30-22)37(2,33)34/h3-5,13,15,19H,6-12,14,16-17H2,1-2H3/t19-,26?,27?/m0/s1. The molecule has 3 heterocycles. The number of hydrogen-bond acceptors (Lipinski definition) is 8. The zero-order valence-corrected chi connectivity index (χ0v) is 22.1. The number of carbonyl (C=O) groups is 1. The predicted molar refractivity (Wildman–Crippen MR) is 136 cm³/mol. The van der Waals surface area contributed by atoms with E-state index in [1.807, 2.05) is 18.2 Å². The second-order valence-corrected chi connectivity index (χ2v) is 13.0. The van der Waals surface area contributed by atoms with Gasteiger partial charge in [-0.2, -0.15) is 0 Å². The van der Waals surface area contributed by atoms with Crippen LogP contribution in [-0.2, 0) is 37.7 Å². The van der Waals surface area contributed by atoms with E-state index in [0.717, 1.165) is 93.3 Å². The number of ether oxygens (including phenoxy) is 2. The highest BCUT2D eigenvalue weighted by Crippen LogP contribution is 2.58. The Balaban J connectivity index is 1.28. The summed E-state index contributed by atoms with van der Waals surface area (Å²) >= 11 is 0. The molecule has 7 rings (SSSR count). The molecular weight excluding hydrogens is 492 g/mol. The van der Waals surface area contributed by atoms with Crippen molar-refractivity contribution in [1.82, 2.24) is 19.5 Å². The maximum Gasteiger partial charge on any atom is 0.337 e. The minimum absolute atomic E-state index is 0.0833. The molecule has 3 aliphatic carbocycles. The number of esters is 1. The summed E-state index contributed by atoms with van der Waals surface area (Å²) in [6.07, 6.45) is 10.9. The third-order valence-corrected chi connectivity index (χ3v) is 9.73. The molecule has 0 unspecified atom stereocenters. The van der Waals surface area contributed by atoms with E-state index in [0.29, 0.717) is 5.56 Å². The van der Waals surface area contributed by atoms with E-state index in [2.05, 4.69) is 14.5 Å². The summed E-state index contributed by atoms with van der Waals surface area (Å²) in [7, 11) is -2.05. The fraction of sp³-hybridized carbons (Fsp3) is 0.556. The average molecular weight is 525 g/mol. The van der Waals surface area contributed by atoms with Gasteiger partial charge >= 0.3 is 5.97 Å². The van der Waals surface area contributed by atoms with Crippen LogP contribution in [0, 0.1) is 5.41 Å². The Morgan fingerprint density at radius 2 is 1.86 bits per heavy atom. The summed E-state index contributed by atoms with van der Waals surface area (Å²) in [4.78, 5) is 25.7. The lowest BCUT2D eigenvalue weighted by molar-refractivity contribution is -0.0594. The summed E-state index contributed by atoms with van der Waals surface area (Å²) in [5, 5.41) is -0.0833. The van der Waals surface area contributed by atoms with Gasteiger partial charge in [0.05, 0.1) is 42.0 Å². The van der Waals surface area contributed by atoms with Crippen LogP contribution in [-0.4, -0.2) is 60.0 Å². The molecule has 0 spiro atoms. The molecule has 3 aromatic rings. The van der Waals surface area contributed by atoms with Crippen molar-refractivity contribution >= 4 is 26.8 Å². The number of aromatic nitrogens is 4. The number of carbonyl (C=O) groups excluding carboxylic acids is 1. The molecule has 10 heteroatoms.